The van der Waals surface area contributed by atoms with Crippen LogP contribution in [0.2, 0.25) is 0 Å². The Morgan fingerprint density at radius 2 is 1.93 bits per heavy atom. The molecule has 1 unspecified atom stereocenters. The number of hydrogen-bond donors (Lipinski definition) is 0. The number of likely N-dealkylation sites (tertiary alicyclic amines) is 1. The van der Waals surface area contributed by atoms with Crippen LogP contribution in [0.3, 0.4) is 0 Å². The first-order valence-electron chi connectivity index (χ1n) is 9.29. The molecule has 0 N–H and O–H groups in total. The molecule has 138 valence electrons. The summed E-state index contributed by atoms with van der Waals surface area (Å²) < 4.78 is 2.16. The SMILES string of the molecule is CCn1ccnc1C1CCCN(C(=O)c2cnc(-c3ccncc3)nc2)C1. The summed E-state index contributed by atoms with van der Waals surface area (Å²) in [5.41, 5.74) is 1.40. The minimum Gasteiger partial charge on any atom is -0.338 e. The minimum atomic E-state index is -0.0180. The molecular weight excluding hydrogens is 340 g/mol. The average molecular weight is 362 g/mol. The molecule has 7 nitrogen and oxygen atoms in total. The fourth-order valence-electron chi connectivity index (χ4n) is 3.59. The molecule has 1 atom stereocenters. The summed E-state index contributed by atoms with van der Waals surface area (Å²) >= 11 is 0. The number of rotatable bonds is 4. The second-order valence-electron chi connectivity index (χ2n) is 6.69. The molecule has 4 rings (SSSR count). The quantitative estimate of drug-likeness (QED) is 0.713. The number of carbonyl (C=O) groups excluding carboxylic acids is 1. The van der Waals surface area contributed by atoms with E-state index < -0.39 is 0 Å². The first-order chi connectivity index (χ1) is 13.3. The zero-order valence-electron chi connectivity index (χ0n) is 15.3. The third-order valence-electron chi connectivity index (χ3n) is 5.00. The maximum atomic E-state index is 12.9. The molecule has 0 spiro atoms. The van der Waals surface area contributed by atoms with Crippen LogP contribution in [-0.2, 0) is 6.54 Å². The summed E-state index contributed by atoms with van der Waals surface area (Å²) in [4.78, 5) is 32.1. The highest BCUT2D eigenvalue weighted by molar-refractivity contribution is 5.93. The largest absolute Gasteiger partial charge is 0.338 e. The Morgan fingerprint density at radius 3 is 2.67 bits per heavy atom. The number of aryl methyl sites for hydroxylation is 1. The van der Waals surface area contributed by atoms with E-state index in [1.165, 1.54) is 0 Å². The number of pyridine rings is 1. The molecule has 3 aromatic heterocycles. The number of imidazole rings is 1. The van der Waals surface area contributed by atoms with Crippen LogP contribution >= 0.6 is 0 Å². The van der Waals surface area contributed by atoms with E-state index in [-0.39, 0.29) is 11.8 Å². The molecule has 1 fully saturated rings. The van der Waals surface area contributed by atoms with Gasteiger partial charge in [-0.2, -0.15) is 0 Å². The number of nitrogens with zero attached hydrogens (tertiary/aromatic N) is 6. The molecule has 27 heavy (non-hydrogen) atoms. The molecule has 0 radical (unpaired) electrons. The lowest BCUT2D eigenvalue weighted by Gasteiger charge is -2.32. The lowest BCUT2D eigenvalue weighted by Crippen LogP contribution is -2.39. The molecule has 4 heterocycles. The van der Waals surface area contributed by atoms with E-state index in [9.17, 15) is 4.79 Å². The molecule has 1 amide bonds. The Bertz CT molecular complexity index is 906. The summed E-state index contributed by atoms with van der Waals surface area (Å²) in [5, 5.41) is 0. The highest BCUT2D eigenvalue weighted by Crippen LogP contribution is 2.27. The van der Waals surface area contributed by atoms with Crippen molar-refractivity contribution in [2.24, 2.45) is 0 Å². The third-order valence-corrected chi connectivity index (χ3v) is 5.00. The second-order valence-corrected chi connectivity index (χ2v) is 6.69. The van der Waals surface area contributed by atoms with Gasteiger partial charge in [-0.1, -0.05) is 0 Å². The molecule has 0 saturated carbocycles. The first kappa shape index (κ1) is 17.3. The molecule has 1 aliphatic heterocycles. The Balaban J connectivity index is 1.49. The zero-order valence-corrected chi connectivity index (χ0v) is 15.3. The number of hydrogen-bond acceptors (Lipinski definition) is 5. The van der Waals surface area contributed by atoms with Crippen LogP contribution < -0.4 is 0 Å². The molecule has 3 aromatic rings. The topological polar surface area (TPSA) is 76.8 Å². The van der Waals surface area contributed by atoms with Gasteiger partial charge in [0, 0.05) is 68.3 Å². The van der Waals surface area contributed by atoms with E-state index in [4.69, 9.17) is 0 Å². The number of amides is 1. The number of carbonyl (C=O) groups is 1. The van der Waals surface area contributed by atoms with Gasteiger partial charge in [0.2, 0.25) is 0 Å². The van der Waals surface area contributed by atoms with Gasteiger partial charge < -0.3 is 9.47 Å². The number of piperidine rings is 1. The molecular formula is C20H22N6O. The second kappa shape index (κ2) is 7.65. The predicted octanol–water partition coefficient (Wildman–Crippen LogP) is 2.77. The lowest BCUT2D eigenvalue weighted by atomic mass is 9.96. The van der Waals surface area contributed by atoms with E-state index in [0.717, 1.165) is 37.3 Å². The highest BCUT2D eigenvalue weighted by atomic mass is 16.2. The van der Waals surface area contributed by atoms with Gasteiger partial charge in [-0.25, -0.2) is 15.0 Å². The van der Waals surface area contributed by atoms with Crippen molar-refractivity contribution in [3.05, 3.63) is 60.7 Å². The Hall–Kier alpha value is -3.09. The monoisotopic (exact) mass is 362 g/mol. The van der Waals surface area contributed by atoms with E-state index >= 15 is 0 Å². The Labute approximate surface area is 158 Å². The van der Waals surface area contributed by atoms with Crippen molar-refractivity contribution in [1.82, 2.24) is 29.4 Å². The van der Waals surface area contributed by atoms with Gasteiger partial charge in [-0.05, 0) is 31.9 Å². The van der Waals surface area contributed by atoms with Crippen LogP contribution in [0.25, 0.3) is 11.4 Å². The zero-order chi connectivity index (χ0) is 18.6. The molecule has 0 bridgehead atoms. The summed E-state index contributed by atoms with van der Waals surface area (Å²) in [6.45, 7) is 4.44. The van der Waals surface area contributed by atoms with Crippen LogP contribution in [0, 0.1) is 0 Å². The summed E-state index contributed by atoms with van der Waals surface area (Å²) in [6, 6.07) is 3.70. The van der Waals surface area contributed by atoms with Crippen molar-refractivity contribution < 1.29 is 4.79 Å². The van der Waals surface area contributed by atoms with Crippen molar-refractivity contribution in [2.45, 2.75) is 32.2 Å². The van der Waals surface area contributed by atoms with Crippen molar-refractivity contribution in [3.8, 4) is 11.4 Å². The highest BCUT2D eigenvalue weighted by Gasteiger charge is 2.28. The standard InChI is InChI=1S/C20H22N6O/c1-2-25-11-9-22-19(25)16-4-3-10-26(14-16)20(27)17-12-23-18(24-13-17)15-5-7-21-8-6-15/h5-9,11-13,16H,2-4,10,14H2,1H3. The van der Waals surface area contributed by atoms with Crippen molar-refractivity contribution >= 4 is 5.91 Å². The minimum absolute atomic E-state index is 0.0180. The smallest absolute Gasteiger partial charge is 0.257 e. The fraction of sp³-hybridized carbons (Fsp3) is 0.350. The van der Waals surface area contributed by atoms with Crippen molar-refractivity contribution in [3.63, 3.8) is 0 Å². The number of aromatic nitrogens is 5. The van der Waals surface area contributed by atoms with E-state index in [1.54, 1.807) is 24.8 Å². The maximum absolute atomic E-state index is 12.9. The van der Waals surface area contributed by atoms with Gasteiger partial charge in [0.1, 0.15) is 5.82 Å². The van der Waals surface area contributed by atoms with E-state index in [0.29, 0.717) is 17.9 Å². The molecule has 0 aliphatic carbocycles. The summed E-state index contributed by atoms with van der Waals surface area (Å²) in [6.07, 6.45) is 12.5. The van der Waals surface area contributed by atoms with Crippen LogP contribution in [0.4, 0.5) is 0 Å². The average Bonchev–Trinajstić information content (AvgIpc) is 3.23. The Kier molecular flexibility index (Phi) is 4.91. The summed E-state index contributed by atoms with van der Waals surface area (Å²) in [5.74, 6) is 1.92. The van der Waals surface area contributed by atoms with Crippen molar-refractivity contribution in [1.29, 1.82) is 0 Å². The maximum Gasteiger partial charge on any atom is 0.257 e. The van der Waals surface area contributed by atoms with Crippen molar-refractivity contribution in [2.75, 3.05) is 13.1 Å². The van der Waals surface area contributed by atoms with Gasteiger partial charge in [0.15, 0.2) is 5.82 Å². The summed E-state index contributed by atoms with van der Waals surface area (Å²) in [7, 11) is 0. The van der Waals surface area contributed by atoms with Crippen LogP contribution in [0.1, 0.15) is 41.9 Å². The molecule has 0 aromatic carbocycles. The van der Waals surface area contributed by atoms with Gasteiger partial charge in [0.25, 0.3) is 5.91 Å². The van der Waals surface area contributed by atoms with Crippen LogP contribution in [-0.4, -0.2) is 48.4 Å². The normalized spacial score (nSPS) is 17.1. The molecule has 1 aliphatic rings. The fourth-order valence-corrected chi connectivity index (χ4v) is 3.59. The third kappa shape index (κ3) is 3.58. The van der Waals surface area contributed by atoms with Crippen LogP contribution in [0.15, 0.2) is 49.3 Å². The van der Waals surface area contributed by atoms with E-state index in [2.05, 4.69) is 31.4 Å². The van der Waals surface area contributed by atoms with Gasteiger partial charge in [-0.15, -0.1) is 0 Å². The van der Waals surface area contributed by atoms with Gasteiger partial charge in [-0.3, -0.25) is 9.78 Å². The van der Waals surface area contributed by atoms with E-state index in [1.807, 2.05) is 29.4 Å². The van der Waals surface area contributed by atoms with Gasteiger partial charge in [0.05, 0.1) is 5.56 Å². The van der Waals surface area contributed by atoms with Crippen LogP contribution in [0.5, 0.6) is 0 Å². The predicted molar refractivity (Wildman–Crippen MR) is 101 cm³/mol. The first-order valence-corrected chi connectivity index (χ1v) is 9.29. The molecule has 7 heteroatoms. The van der Waals surface area contributed by atoms with Gasteiger partial charge >= 0.3 is 0 Å². The molecule has 1 saturated heterocycles. The Morgan fingerprint density at radius 1 is 1.15 bits per heavy atom. The lowest BCUT2D eigenvalue weighted by molar-refractivity contribution is 0.0702.